The van der Waals surface area contributed by atoms with E-state index in [0.29, 0.717) is 24.4 Å². The van der Waals surface area contributed by atoms with Crippen molar-refractivity contribution in [3.8, 4) is 5.75 Å². The normalized spacial score (nSPS) is 14.5. The van der Waals surface area contributed by atoms with Crippen LogP contribution in [0.3, 0.4) is 0 Å². The van der Waals surface area contributed by atoms with Gasteiger partial charge in [-0.1, -0.05) is 105 Å². The van der Waals surface area contributed by atoms with Crippen LogP contribution in [0.4, 0.5) is 0 Å². The van der Waals surface area contributed by atoms with Crippen LogP contribution in [0.15, 0.2) is 54.6 Å². The number of ether oxygens (including phenoxy) is 2. The van der Waals surface area contributed by atoms with Crippen LogP contribution in [0.25, 0.3) is 0 Å². The fourth-order valence-electron chi connectivity index (χ4n) is 4.47. The summed E-state index contributed by atoms with van der Waals surface area (Å²) in [5.74, 6) is 2.48. The van der Waals surface area contributed by atoms with Gasteiger partial charge in [0.15, 0.2) is 6.29 Å². The molecule has 0 aromatic heterocycles. The molecule has 184 valence electrons. The summed E-state index contributed by atoms with van der Waals surface area (Å²) in [6.07, 6.45) is 2.74. The zero-order valence-electron chi connectivity index (χ0n) is 22.7. The second-order valence-electron chi connectivity index (χ2n) is 12.5. The van der Waals surface area contributed by atoms with Crippen molar-refractivity contribution in [3.05, 3.63) is 65.7 Å². The molecule has 0 amide bonds. The molecule has 2 aromatic rings. The van der Waals surface area contributed by atoms with E-state index in [4.69, 9.17) is 9.47 Å². The summed E-state index contributed by atoms with van der Waals surface area (Å²) in [5, 5.41) is 0. The van der Waals surface area contributed by atoms with Gasteiger partial charge in [-0.05, 0) is 64.7 Å². The van der Waals surface area contributed by atoms with Crippen molar-refractivity contribution in [2.45, 2.75) is 93.8 Å². The fourth-order valence-corrected chi connectivity index (χ4v) is 4.47. The average Bonchev–Trinajstić information content (AvgIpc) is 2.70. The van der Waals surface area contributed by atoms with Crippen LogP contribution < -0.4 is 4.74 Å². The van der Waals surface area contributed by atoms with E-state index in [-0.39, 0.29) is 17.1 Å². The molecule has 2 unspecified atom stereocenters. The number of hydrogen-bond donors (Lipinski definition) is 0. The average molecular weight is 453 g/mol. The van der Waals surface area contributed by atoms with Gasteiger partial charge in [-0.15, -0.1) is 0 Å². The molecule has 2 atom stereocenters. The highest BCUT2D eigenvalue weighted by molar-refractivity contribution is 5.31. The van der Waals surface area contributed by atoms with Crippen molar-refractivity contribution >= 4 is 0 Å². The minimum Gasteiger partial charge on any atom is -0.465 e. The smallest absolute Gasteiger partial charge is 0.200 e. The molecule has 0 aliphatic heterocycles. The highest BCUT2D eigenvalue weighted by Crippen LogP contribution is 2.38. The van der Waals surface area contributed by atoms with Crippen molar-refractivity contribution < 1.29 is 9.47 Å². The molecule has 0 spiro atoms. The van der Waals surface area contributed by atoms with Gasteiger partial charge in [0.05, 0.1) is 6.61 Å². The maximum atomic E-state index is 6.52. The van der Waals surface area contributed by atoms with Gasteiger partial charge in [-0.2, -0.15) is 0 Å². The van der Waals surface area contributed by atoms with E-state index in [2.05, 4.69) is 117 Å². The molecule has 0 heterocycles. The molecule has 0 bridgehead atoms. The third kappa shape index (κ3) is 10.3. The molecular weight excluding hydrogens is 404 g/mol. The Morgan fingerprint density at radius 1 is 0.788 bits per heavy atom. The van der Waals surface area contributed by atoms with Gasteiger partial charge in [-0.3, -0.25) is 0 Å². The molecule has 0 saturated heterocycles. The first kappa shape index (κ1) is 27.4. The second-order valence-corrected chi connectivity index (χ2v) is 12.5. The monoisotopic (exact) mass is 452 g/mol. The first-order valence-electron chi connectivity index (χ1n) is 12.8. The van der Waals surface area contributed by atoms with Gasteiger partial charge in [0.25, 0.3) is 0 Å². The van der Waals surface area contributed by atoms with E-state index < -0.39 is 0 Å². The lowest BCUT2D eigenvalue weighted by atomic mass is 9.76. The number of hydrogen-bond acceptors (Lipinski definition) is 2. The number of rotatable bonds is 12. The fraction of sp³-hybridized carbons (Fsp3) is 0.613. The quantitative estimate of drug-likeness (QED) is 0.299. The van der Waals surface area contributed by atoms with Gasteiger partial charge < -0.3 is 9.47 Å². The van der Waals surface area contributed by atoms with E-state index >= 15 is 0 Å². The Labute approximate surface area is 204 Å². The van der Waals surface area contributed by atoms with Crippen LogP contribution >= 0.6 is 0 Å². The van der Waals surface area contributed by atoms with E-state index in [0.717, 1.165) is 25.0 Å². The molecule has 2 aromatic carbocycles. The van der Waals surface area contributed by atoms with E-state index in [1.807, 2.05) is 0 Å². The lowest BCUT2D eigenvalue weighted by molar-refractivity contribution is -0.109. The number of benzene rings is 2. The maximum Gasteiger partial charge on any atom is 0.200 e. The summed E-state index contributed by atoms with van der Waals surface area (Å²) in [6, 6.07) is 19.4. The van der Waals surface area contributed by atoms with E-state index in [9.17, 15) is 0 Å². The van der Waals surface area contributed by atoms with Crippen molar-refractivity contribution in [2.75, 3.05) is 6.61 Å². The Kier molecular flexibility index (Phi) is 10.0. The highest BCUT2D eigenvalue weighted by atomic mass is 16.7. The molecule has 0 aliphatic carbocycles. The highest BCUT2D eigenvalue weighted by Gasteiger charge is 2.27. The van der Waals surface area contributed by atoms with Gasteiger partial charge in [0.2, 0.25) is 0 Å². The van der Waals surface area contributed by atoms with Crippen molar-refractivity contribution in [1.82, 2.24) is 0 Å². The molecule has 33 heavy (non-hydrogen) atoms. The minimum absolute atomic E-state index is 0.0628. The van der Waals surface area contributed by atoms with Crippen molar-refractivity contribution in [2.24, 2.45) is 22.7 Å². The third-order valence-electron chi connectivity index (χ3n) is 6.05. The summed E-state index contributed by atoms with van der Waals surface area (Å²) in [6.45, 7) is 21.3. The largest absolute Gasteiger partial charge is 0.465 e. The lowest BCUT2D eigenvalue weighted by Gasteiger charge is -2.31. The Morgan fingerprint density at radius 2 is 1.45 bits per heavy atom. The summed E-state index contributed by atoms with van der Waals surface area (Å²) in [4.78, 5) is 0. The first-order chi connectivity index (χ1) is 15.3. The molecular formula is C31H48O2. The van der Waals surface area contributed by atoms with Gasteiger partial charge >= 0.3 is 0 Å². The first-order valence-corrected chi connectivity index (χ1v) is 12.8. The predicted molar refractivity (Wildman–Crippen MR) is 142 cm³/mol. The molecule has 2 rings (SSSR count). The van der Waals surface area contributed by atoms with Crippen LogP contribution in [0.2, 0.25) is 0 Å². The summed E-state index contributed by atoms with van der Waals surface area (Å²) in [7, 11) is 0. The predicted octanol–water partition coefficient (Wildman–Crippen LogP) is 8.90. The van der Waals surface area contributed by atoms with E-state index in [1.165, 1.54) is 11.1 Å². The second kappa shape index (κ2) is 12.1. The van der Waals surface area contributed by atoms with E-state index in [1.54, 1.807) is 0 Å². The zero-order chi connectivity index (χ0) is 24.6. The Balaban J connectivity index is 2.19. The molecule has 0 N–H and O–H groups in total. The summed E-state index contributed by atoms with van der Waals surface area (Å²) in [5.41, 5.74) is 3.07. The Bertz CT molecular complexity index is 814. The van der Waals surface area contributed by atoms with Gasteiger partial charge in [-0.25, -0.2) is 0 Å². The molecule has 0 radical (unpaired) electrons. The SMILES string of the molecule is CC(C)COC(CC(C)(C)Cc1ccccc1)Oc1cccc(C(CC(C)(C)C)C(C)C)c1. The molecule has 0 fully saturated rings. The molecule has 0 aliphatic rings. The summed E-state index contributed by atoms with van der Waals surface area (Å²) >= 11 is 0. The Hall–Kier alpha value is -1.80. The third-order valence-corrected chi connectivity index (χ3v) is 6.05. The lowest BCUT2D eigenvalue weighted by Crippen LogP contribution is -2.30. The zero-order valence-corrected chi connectivity index (χ0v) is 22.7. The van der Waals surface area contributed by atoms with Crippen LogP contribution in [-0.2, 0) is 11.2 Å². The van der Waals surface area contributed by atoms with Crippen LogP contribution in [0, 0.1) is 22.7 Å². The standard InChI is InChI=1S/C31H48O2/c1-23(2)22-32-29(21-31(8,9)19-25-14-11-10-12-15-25)33-27-17-13-16-26(18-27)28(24(3)4)20-30(5,6)7/h10-18,23-24,28-29H,19-22H2,1-9H3. The van der Waals surface area contributed by atoms with Crippen LogP contribution in [0.1, 0.15) is 92.2 Å². The topological polar surface area (TPSA) is 18.5 Å². The molecule has 0 saturated carbocycles. The van der Waals surface area contributed by atoms with Crippen LogP contribution in [0.5, 0.6) is 5.75 Å². The molecule has 2 nitrogen and oxygen atoms in total. The van der Waals surface area contributed by atoms with Crippen LogP contribution in [-0.4, -0.2) is 12.9 Å². The van der Waals surface area contributed by atoms with Gasteiger partial charge in [0, 0.05) is 6.42 Å². The minimum atomic E-state index is -0.263. The van der Waals surface area contributed by atoms with Crippen molar-refractivity contribution in [3.63, 3.8) is 0 Å². The molecule has 2 heteroatoms. The maximum absolute atomic E-state index is 6.52. The Morgan fingerprint density at radius 3 is 2.03 bits per heavy atom. The van der Waals surface area contributed by atoms with Gasteiger partial charge in [0.1, 0.15) is 5.75 Å². The summed E-state index contributed by atoms with van der Waals surface area (Å²) < 4.78 is 12.8. The van der Waals surface area contributed by atoms with Crippen molar-refractivity contribution in [1.29, 1.82) is 0 Å².